The van der Waals surface area contributed by atoms with Crippen molar-refractivity contribution in [3.63, 3.8) is 0 Å². The standard InChI is InChI=1S/C4H10O3S5.ClH/c5-12(6-3(10)1-8)7-4(11)2-9;/h3-4,8-11H,1-2H2;1H. The van der Waals surface area contributed by atoms with Crippen LogP contribution >= 0.6 is 62.9 Å². The predicted molar refractivity (Wildman–Crippen MR) is 70.8 cm³/mol. The zero-order valence-corrected chi connectivity index (χ0v) is 11.6. The van der Waals surface area contributed by atoms with Gasteiger partial charge >= 0.3 is 11.4 Å². The molecule has 0 spiro atoms. The lowest BCUT2D eigenvalue weighted by atomic mass is 10.9. The molecule has 0 amide bonds. The highest BCUT2D eigenvalue weighted by Gasteiger charge is 2.11. The molecule has 0 rings (SSSR count). The van der Waals surface area contributed by atoms with Gasteiger partial charge in [-0.1, -0.05) is 0 Å². The molecule has 2 unspecified atom stereocenters. The normalized spacial score (nSPS) is 17.2. The molecule has 13 heavy (non-hydrogen) atoms. The molecule has 0 bridgehead atoms. The van der Waals surface area contributed by atoms with E-state index < -0.39 is 22.2 Å². The molecule has 0 fully saturated rings. The average Bonchev–Trinajstić information content (AvgIpc) is 2.03. The van der Waals surface area contributed by atoms with E-state index in [4.69, 9.17) is 8.37 Å². The lowest BCUT2D eigenvalue weighted by molar-refractivity contribution is 0.245. The zero-order chi connectivity index (χ0) is 9.56. The summed E-state index contributed by atoms with van der Waals surface area (Å²) in [4.78, 5) is 0. The largest absolute Gasteiger partial charge is 0.306 e. The summed E-state index contributed by atoms with van der Waals surface area (Å²) in [5, 5.41) is 0. The third-order valence-corrected chi connectivity index (χ3v) is 3.57. The second kappa shape index (κ2) is 10.3. The van der Waals surface area contributed by atoms with E-state index in [1.807, 2.05) is 0 Å². The van der Waals surface area contributed by atoms with Gasteiger partial charge in [0.05, 0.1) is 0 Å². The van der Waals surface area contributed by atoms with Crippen molar-refractivity contribution in [2.75, 3.05) is 11.5 Å². The Labute approximate surface area is 109 Å². The van der Waals surface area contributed by atoms with E-state index in [1.54, 1.807) is 0 Å². The lowest BCUT2D eigenvalue weighted by Gasteiger charge is -2.10. The minimum Gasteiger partial charge on any atom is -0.254 e. The first-order valence-electron chi connectivity index (χ1n) is 2.94. The quantitative estimate of drug-likeness (QED) is 0.442. The third-order valence-electron chi connectivity index (χ3n) is 0.692. The van der Waals surface area contributed by atoms with Crippen molar-refractivity contribution in [3.05, 3.63) is 0 Å². The minimum absolute atomic E-state index is 0. The van der Waals surface area contributed by atoms with E-state index in [0.717, 1.165) is 0 Å². The number of thiol groups is 4. The van der Waals surface area contributed by atoms with E-state index in [2.05, 4.69) is 50.5 Å². The summed E-state index contributed by atoms with van der Waals surface area (Å²) < 4.78 is 20.3. The molecular weight excluding hydrogens is 292 g/mol. The molecule has 2 atom stereocenters. The third kappa shape index (κ3) is 10.1. The molecule has 82 valence electrons. The highest BCUT2D eigenvalue weighted by Crippen LogP contribution is 2.08. The summed E-state index contributed by atoms with van der Waals surface area (Å²) in [6, 6.07) is 0. The van der Waals surface area contributed by atoms with E-state index in [1.165, 1.54) is 0 Å². The minimum atomic E-state index is -1.83. The van der Waals surface area contributed by atoms with Crippen LogP contribution in [-0.4, -0.2) is 26.6 Å². The second-order valence-corrected chi connectivity index (χ2v) is 4.35. The highest BCUT2D eigenvalue weighted by molar-refractivity contribution is 7.86. The Bertz CT molecular complexity index is 134. The van der Waals surface area contributed by atoms with Crippen LogP contribution in [0.2, 0.25) is 0 Å². The van der Waals surface area contributed by atoms with Gasteiger partial charge in [0, 0.05) is 11.5 Å². The summed E-state index contributed by atoms with van der Waals surface area (Å²) in [7, 11) is 0. The molecule has 0 aromatic rings. The molecular formula is C4H11ClO3S5. The number of halogens is 1. The summed E-state index contributed by atoms with van der Waals surface area (Å²) in [6.45, 7) is 0. The van der Waals surface area contributed by atoms with Crippen molar-refractivity contribution in [1.82, 2.24) is 0 Å². The molecule has 0 saturated carbocycles. The van der Waals surface area contributed by atoms with Crippen LogP contribution in [0.3, 0.4) is 0 Å². The van der Waals surface area contributed by atoms with Gasteiger partial charge in [-0.15, -0.1) is 37.7 Å². The van der Waals surface area contributed by atoms with Gasteiger partial charge in [-0.3, -0.25) is 8.37 Å². The molecule has 0 aliphatic carbocycles. The van der Waals surface area contributed by atoms with Gasteiger partial charge in [-0.05, 0) is 0 Å². The Morgan fingerprint density at radius 3 is 1.62 bits per heavy atom. The Balaban J connectivity index is 0. The Morgan fingerprint density at radius 2 is 1.38 bits per heavy atom. The molecule has 0 aliphatic rings. The van der Waals surface area contributed by atoms with Gasteiger partial charge in [0.1, 0.15) is 10.9 Å². The van der Waals surface area contributed by atoms with Crippen LogP contribution in [0.1, 0.15) is 0 Å². The molecule has 0 saturated heterocycles. The van der Waals surface area contributed by atoms with Crippen LogP contribution in [0.15, 0.2) is 0 Å². The number of hydrogen-bond donors (Lipinski definition) is 4. The molecule has 0 radical (unpaired) electrons. The summed E-state index contributed by atoms with van der Waals surface area (Å²) in [5.74, 6) is 0.715. The van der Waals surface area contributed by atoms with Crippen LogP contribution in [-0.2, 0) is 19.7 Å². The van der Waals surface area contributed by atoms with E-state index in [0.29, 0.717) is 11.5 Å². The van der Waals surface area contributed by atoms with Crippen LogP contribution in [0, 0.1) is 0 Å². The van der Waals surface area contributed by atoms with Crippen LogP contribution in [0.5, 0.6) is 0 Å². The second-order valence-electron chi connectivity index (χ2n) is 1.67. The van der Waals surface area contributed by atoms with Crippen LogP contribution in [0.25, 0.3) is 0 Å². The lowest BCUT2D eigenvalue weighted by Crippen LogP contribution is -2.16. The highest BCUT2D eigenvalue weighted by atomic mass is 35.5. The molecule has 0 N–H and O–H groups in total. The summed E-state index contributed by atoms with van der Waals surface area (Å²) in [5.41, 5.74) is -1.01. The molecule has 3 nitrogen and oxygen atoms in total. The Morgan fingerprint density at radius 1 is 1.08 bits per heavy atom. The number of rotatable bonds is 6. The SMILES string of the molecule is Cl.O=S(OC(S)CS)OC(S)CS. The maximum atomic E-state index is 10.9. The fourth-order valence-electron chi connectivity index (χ4n) is 0.265. The molecule has 9 heteroatoms. The molecule has 0 aromatic heterocycles. The first kappa shape index (κ1) is 17.2. The summed E-state index contributed by atoms with van der Waals surface area (Å²) >= 11 is 13.7. The smallest absolute Gasteiger partial charge is 0.254 e. The molecule has 0 aliphatic heterocycles. The van der Waals surface area contributed by atoms with Crippen molar-refractivity contribution in [3.8, 4) is 0 Å². The first-order chi connectivity index (χ1) is 5.60. The zero-order valence-electron chi connectivity index (χ0n) is 6.40. The Hall–Kier alpha value is 1.76. The average molecular weight is 303 g/mol. The summed E-state index contributed by atoms with van der Waals surface area (Å²) in [6.07, 6.45) is 0. The van der Waals surface area contributed by atoms with Gasteiger partial charge in [-0.25, -0.2) is 0 Å². The maximum Gasteiger partial charge on any atom is 0.306 e. The number of hydrogen-bond acceptors (Lipinski definition) is 7. The van der Waals surface area contributed by atoms with Crippen LogP contribution < -0.4 is 0 Å². The topological polar surface area (TPSA) is 35.5 Å². The van der Waals surface area contributed by atoms with Crippen molar-refractivity contribution >= 4 is 74.3 Å². The monoisotopic (exact) mass is 302 g/mol. The Kier molecular flexibility index (Phi) is 13.6. The van der Waals surface area contributed by atoms with E-state index in [-0.39, 0.29) is 12.4 Å². The van der Waals surface area contributed by atoms with E-state index >= 15 is 0 Å². The fraction of sp³-hybridized carbons (Fsp3) is 1.00. The maximum absolute atomic E-state index is 10.9. The van der Waals surface area contributed by atoms with Crippen LogP contribution in [0.4, 0.5) is 0 Å². The van der Waals surface area contributed by atoms with Crippen molar-refractivity contribution < 1.29 is 12.6 Å². The van der Waals surface area contributed by atoms with Gasteiger partial charge in [0.2, 0.25) is 0 Å². The fourth-order valence-corrected chi connectivity index (χ4v) is 1.58. The van der Waals surface area contributed by atoms with Crippen molar-refractivity contribution in [2.45, 2.75) is 10.9 Å². The van der Waals surface area contributed by atoms with Crippen molar-refractivity contribution in [1.29, 1.82) is 0 Å². The van der Waals surface area contributed by atoms with Gasteiger partial charge < -0.3 is 0 Å². The molecule has 0 aromatic carbocycles. The van der Waals surface area contributed by atoms with Gasteiger partial charge in [-0.2, -0.15) is 29.5 Å². The first-order valence-corrected chi connectivity index (χ1v) is 6.23. The van der Waals surface area contributed by atoms with Crippen molar-refractivity contribution in [2.24, 2.45) is 0 Å². The predicted octanol–water partition coefficient (Wildman–Crippen LogP) is 1.39. The molecule has 0 heterocycles. The van der Waals surface area contributed by atoms with E-state index in [9.17, 15) is 4.21 Å². The van der Waals surface area contributed by atoms with Gasteiger partial charge in [0.15, 0.2) is 0 Å². The van der Waals surface area contributed by atoms with Gasteiger partial charge in [0.25, 0.3) is 0 Å².